The van der Waals surface area contributed by atoms with Gasteiger partial charge in [0.25, 0.3) is 0 Å². The van der Waals surface area contributed by atoms with Crippen LogP contribution in [0.1, 0.15) is 24.0 Å². The fourth-order valence-corrected chi connectivity index (χ4v) is 3.96. The number of ether oxygens (including phenoxy) is 1. The molecule has 0 saturated carbocycles. The van der Waals surface area contributed by atoms with Crippen LogP contribution in [0.3, 0.4) is 0 Å². The molecule has 0 aliphatic rings. The van der Waals surface area contributed by atoms with E-state index in [1.54, 1.807) is 31.2 Å². The second kappa shape index (κ2) is 7.69. The van der Waals surface area contributed by atoms with Gasteiger partial charge in [-0.3, -0.25) is 4.79 Å². The van der Waals surface area contributed by atoms with Gasteiger partial charge in [0.05, 0.1) is 17.2 Å². The van der Waals surface area contributed by atoms with Crippen LogP contribution >= 0.6 is 50.7 Å². The molecular formula is C18H12BrCl3O4. The van der Waals surface area contributed by atoms with Gasteiger partial charge in [-0.25, -0.2) is 0 Å². The molecule has 3 rings (SSSR count). The molecule has 0 bridgehead atoms. The van der Waals surface area contributed by atoms with Gasteiger partial charge < -0.3 is 14.3 Å². The molecule has 1 unspecified atom stereocenters. The van der Waals surface area contributed by atoms with E-state index in [0.29, 0.717) is 41.8 Å². The normalized spacial score (nSPS) is 12.3. The Kier molecular flexibility index (Phi) is 5.72. The van der Waals surface area contributed by atoms with Crippen molar-refractivity contribution in [2.24, 2.45) is 0 Å². The van der Waals surface area contributed by atoms with Gasteiger partial charge in [0.15, 0.2) is 11.3 Å². The number of carboxylic acid groups (broad SMARTS) is 1. The van der Waals surface area contributed by atoms with Crippen molar-refractivity contribution in [3.8, 4) is 5.75 Å². The number of carboxylic acids is 1. The third kappa shape index (κ3) is 3.67. The zero-order valence-corrected chi connectivity index (χ0v) is 17.2. The van der Waals surface area contributed by atoms with E-state index in [1.165, 1.54) is 6.26 Å². The highest BCUT2D eigenvalue weighted by Gasteiger charge is 2.23. The second-order valence-corrected chi connectivity index (χ2v) is 7.70. The van der Waals surface area contributed by atoms with E-state index >= 15 is 0 Å². The first-order chi connectivity index (χ1) is 12.3. The van der Waals surface area contributed by atoms with Crippen LogP contribution in [0.25, 0.3) is 11.0 Å². The van der Waals surface area contributed by atoms with Crippen LogP contribution in [0.5, 0.6) is 5.75 Å². The molecule has 0 saturated heterocycles. The SMILES string of the molecule is CC(C(=O)O)c1coc2c(Br)c(OCc3ccc(Cl)cc3Cl)c(Cl)cc12. The van der Waals surface area contributed by atoms with Crippen LogP contribution in [0, 0.1) is 0 Å². The molecule has 4 nitrogen and oxygen atoms in total. The quantitative estimate of drug-likeness (QED) is 0.432. The molecule has 136 valence electrons. The Morgan fingerprint density at radius 3 is 2.65 bits per heavy atom. The first-order valence-electron chi connectivity index (χ1n) is 7.48. The molecule has 3 aromatic rings. The van der Waals surface area contributed by atoms with Crippen LogP contribution in [-0.4, -0.2) is 11.1 Å². The highest BCUT2D eigenvalue weighted by Crippen LogP contribution is 2.43. The van der Waals surface area contributed by atoms with Crippen LogP contribution in [0.15, 0.2) is 39.4 Å². The lowest BCUT2D eigenvalue weighted by Gasteiger charge is -2.12. The lowest BCUT2D eigenvalue weighted by atomic mass is 10.0. The third-order valence-electron chi connectivity index (χ3n) is 3.97. The van der Waals surface area contributed by atoms with Gasteiger partial charge in [0.2, 0.25) is 0 Å². The Morgan fingerprint density at radius 1 is 1.27 bits per heavy atom. The van der Waals surface area contributed by atoms with E-state index in [9.17, 15) is 9.90 Å². The van der Waals surface area contributed by atoms with Gasteiger partial charge in [0, 0.05) is 26.6 Å². The molecule has 8 heteroatoms. The topological polar surface area (TPSA) is 59.7 Å². The molecule has 1 aromatic heterocycles. The average Bonchev–Trinajstić information content (AvgIpc) is 2.99. The number of aliphatic carboxylic acids is 1. The number of hydrogen-bond acceptors (Lipinski definition) is 3. The van der Waals surface area contributed by atoms with E-state index < -0.39 is 11.9 Å². The smallest absolute Gasteiger partial charge is 0.310 e. The van der Waals surface area contributed by atoms with E-state index in [2.05, 4.69) is 15.9 Å². The Hall–Kier alpha value is -1.40. The molecule has 0 fully saturated rings. The zero-order valence-electron chi connectivity index (χ0n) is 13.4. The molecule has 0 aliphatic carbocycles. The number of halogens is 4. The Labute approximate surface area is 172 Å². The summed E-state index contributed by atoms with van der Waals surface area (Å²) in [6, 6.07) is 6.76. The fraction of sp³-hybridized carbons (Fsp3) is 0.167. The minimum atomic E-state index is -0.947. The highest BCUT2D eigenvalue weighted by molar-refractivity contribution is 9.10. The lowest BCUT2D eigenvalue weighted by Crippen LogP contribution is -2.06. The molecule has 0 amide bonds. The number of carbonyl (C=O) groups is 1. The molecule has 0 aliphatic heterocycles. The first kappa shape index (κ1) is 19.4. The van der Waals surface area contributed by atoms with Gasteiger partial charge in [0.1, 0.15) is 11.1 Å². The van der Waals surface area contributed by atoms with Crippen LogP contribution in [0.2, 0.25) is 15.1 Å². The average molecular weight is 479 g/mol. The largest absolute Gasteiger partial charge is 0.486 e. The second-order valence-electron chi connectivity index (χ2n) is 5.65. The minimum Gasteiger partial charge on any atom is -0.486 e. The van der Waals surface area contributed by atoms with E-state index in [4.69, 9.17) is 44.0 Å². The summed E-state index contributed by atoms with van der Waals surface area (Å²) in [6.07, 6.45) is 1.42. The van der Waals surface area contributed by atoms with Crippen molar-refractivity contribution in [1.82, 2.24) is 0 Å². The molecule has 1 atom stereocenters. The predicted molar refractivity (Wildman–Crippen MR) is 106 cm³/mol. The van der Waals surface area contributed by atoms with Gasteiger partial charge >= 0.3 is 5.97 Å². The van der Waals surface area contributed by atoms with Crippen molar-refractivity contribution in [1.29, 1.82) is 0 Å². The third-order valence-corrected chi connectivity index (χ3v) is 5.56. The Morgan fingerprint density at radius 2 is 2.00 bits per heavy atom. The van der Waals surface area contributed by atoms with Crippen molar-refractivity contribution < 1.29 is 19.1 Å². The molecule has 0 spiro atoms. The summed E-state index contributed by atoms with van der Waals surface area (Å²) in [5, 5.41) is 11.2. The van der Waals surface area contributed by atoms with Crippen molar-refractivity contribution in [3.05, 3.63) is 61.2 Å². The van der Waals surface area contributed by atoms with E-state index in [0.717, 1.165) is 5.56 Å². The zero-order chi connectivity index (χ0) is 19.0. The first-order valence-corrected chi connectivity index (χ1v) is 9.41. The highest BCUT2D eigenvalue weighted by atomic mass is 79.9. The summed E-state index contributed by atoms with van der Waals surface area (Å²) in [6.45, 7) is 1.76. The lowest BCUT2D eigenvalue weighted by molar-refractivity contribution is -0.138. The minimum absolute atomic E-state index is 0.179. The number of benzene rings is 2. The Balaban J connectivity index is 1.96. The fourth-order valence-electron chi connectivity index (χ4n) is 2.49. The molecule has 2 aromatic carbocycles. The molecular weight excluding hydrogens is 466 g/mol. The number of fused-ring (bicyclic) bond motifs is 1. The molecule has 1 N–H and O–H groups in total. The van der Waals surface area contributed by atoms with Gasteiger partial charge in [-0.1, -0.05) is 40.9 Å². The van der Waals surface area contributed by atoms with Crippen LogP contribution in [0.4, 0.5) is 0 Å². The van der Waals surface area contributed by atoms with E-state index in [1.807, 2.05) is 0 Å². The van der Waals surface area contributed by atoms with Crippen molar-refractivity contribution in [2.45, 2.75) is 19.4 Å². The summed E-state index contributed by atoms with van der Waals surface area (Å²) in [5.41, 5.74) is 1.76. The summed E-state index contributed by atoms with van der Waals surface area (Å²) in [7, 11) is 0. The van der Waals surface area contributed by atoms with Crippen molar-refractivity contribution in [2.75, 3.05) is 0 Å². The molecule has 0 radical (unpaired) electrons. The maximum atomic E-state index is 11.3. The van der Waals surface area contributed by atoms with E-state index in [-0.39, 0.29) is 6.61 Å². The maximum Gasteiger partial charge on any atom is 0.310 e. The van der Waals surface area contributed by atoms with Crippen LogP contribution < -0.4 is 4.74 Å². The van der Waals surface area contributed by atoms with Gasteiger partial charge in [-0.15, -0.1) is 0 Å². The van der Waals surface area contributed by atoms with Gasteiger partial charge in [-0.2, -0.15) is 0 Å². The summed E-state index contributed by atoms with van der Waals surface area (Å²) < 4.78 is 11.9. The maximum absolute atomic E-state index is 11.3. The van der Waals surface area contributed by atoms with Gasteiger partial charge in [-0.05, 0) is 41.1 Å². The Bertz CT molecular complexity index is 1000. The standard InChI is InChI=1S/C18H12BrCl3O4/c1-8(18(23)24)12-7-26-16-11(12)5-14(22)17(15(16)19)25-6-9-2-3-10(20)4-13(9)21/h2-5,7-8H,6H2,1H3,(H,23,24). The molecule has 1 heterocycles. The predicted octanol–water partition coefficient (Wildman–Crippen LogP) is 6.92. The van der Waals surface area contributed by atoms with Crippen molar-refractivity contribution >= 4 is 67.7 Å². The number of hydrogen-bond donors (Lipinski definition) is 1. The van der Waals surface area contributed by atoms with Crippen molar-refractivity contribution in [3.63, 3.8) is 0 Å². The number of rotatable bonds is 5. The summed E-state index contributed by atoms with van der Waals surface area (Å²) >= 11 is 21.8. The monoisotopic (exact) mass is 476 g/mol. The number of furan rings is 1. The molecule has 26 heavy (non-hydrogen) atoms. The summed E-state index contributed by atoms with van der Waals surface area (Å²) in [4.78, 5) is 11.3. The van der Waals surface area contributed by atoms with Crippen LogP contribution in [-0.2, 0) is 11.4 Å². The summed E-state index contributed by atoms with van der Waals surface area (Å²) in [5.74, 6) is -1.29.